The second kappa shape index (κ2) is 3.06. The molecule has 0 aliphatic carbocycles. The number of nitrogens with two attached hydrogens (primary N) is 1. The van der Waals surface area contributed by atoms with Crippen LogP contribution in [-0.4, -0.2) is 30.7 Å². The molecule has 4 nitrogen and oxygen atoms in total. The topological polar surface area (TPSA) is 70.2 Å². The van der Waals surface area contributed by atoms with Crippen molar-refractivity contribution in [3.63, 3.8) is 0 Å². The summed E-state index contributed by atoms with van der Waals surface area (Å²) in [7, 11) is 3.26. The van der Waals surface area contributed by atoms with Gasteiger partial charge >= 0.3 is 0 Å². The van der Waals surface area contributed by atoms with Gasteiger partial charge in [0, 0.05) is 14.1 Å². The van der Waals surface area contributed by atoms with Gasteiger partial charge in [0.1, 0.15) is 0 Å². The normalized spacial score (nSPS) is 8.67. The van der Waals surface area contributed by atoms with E-state index in [1.807, 2.05) is 0 Å². The Morgan fingerprint density at radius 1 is 1.67 bits per heavy atom. The van der Waals surface area contributed by atoms with E-state index in [9.17, 15) is 4.79 Å². The number of nitrogens with one attached hydrogen (secondary N) is 1. The highest BCUT2D eigenvalue weighted by Crippen LogP contribution is 1.83. The van der Waals surface area contributed by atoms with Crippen LogP contribution in [0.2, 0.25) is 0 Å². The van der Waals surface area contributed by atoms with Crippen LogP contribution < -0.4 is 5.73 Å². The molecule has 1 amide bonds. The number of nitrogens with zero attached hydrogens (tertiary/aromatic N) is 1. The van der Waals surface area contributed by atoms with Crippen molar-refractivity contribution in [3.05, 3.63) is 0 Å². The van der Waals surface area contributed by atoms with E-state index < -0.39 is 0 Å². The third-order valence-corrected chi connectivity index (χ3v) is 0.840. The highest BCUT2D eigenvalue weighted by atomic mass is 16.2. The Balaban J connectivity index is 3.64. The molecular weight excluding hydrogens is 118 g/mol. The summed E-state index contributed by atoms with van der Waals surface area (Å²) in [4.78, 5) is 12.1. The van der Waals surface area contributed by atoms with Crippen LogP contribution in [0.25, 0.3) is 0 Å². The molecule has 0 aromatic rings. The minimum Gasteiger partial charge on any atom is -0.387 e. The van der Waals surface area contributed by atoms with Crippen LogP contribution in [0.4, 0.5) is 0 Å². The molecule has 0 aromatic carbocycles. The summed E-state index contributed by atoms with van der Waals surface area (Å²) in [6.45, 7) is 0. The van der Waals surface area contributed by atoms with E-state index in [1.165, 1.54) is 4.90 Å². The smallest absolute Gasteiger partial charge is 0.229 e. The monoisotopic (exact) mass is 129 g/mol. The van der Waals surface area contributed by atoms with Crippen LogP contribution in [0.5, 0.6) is 0 Å². The molecule has 0 aliphatic rings. The van der Waals surface area contributed by atoms with Gasteiger partial charge in [0.2, 0.25) is 5.91 Å². The van der Waals surface area contributed by atoms with E-state index >= 15 is 0 Å². The number of amides is 1. The van der Waals surface area contributed by atoms with Gasteiger partial charge in [-0.25, -0.2) is 0 Å². The minimum absolute atomic E-state index is 0.0208. The molecule has 0 unspecified atom stereocenters. The predicted molar refractivity (Wildman–Crippen MR) is 35.2 cm³/mol. The SMILES string of the molecule is CN(C)C(=O)CC(=N)N. The number of carbonyl (C=O) groups excluding carboxylic acids is 1. The zero-order valence-electron chi connectivity index (χ0n) is 5.64. The van der Waals surface area contributed by atoms with E-state index in [0.29, 0.717) is 0 Å². The third kappa shape index (κ3) is 3.52. The van der Waals surface area contributed by atoms with E-state index in [0.717, 1.165) is 0 Å². The van der Waals surface area contributed by atoms with Gasteiger partial charge in [0.15, 0.2) is 0 Å². The Kier molecular flexibility index (Phi) is 2.70. The van der Waals surface area contributed by atoms with Crippen molar-refractivity contribution >= 4 is 11.7 Å². The molecule has 0 saturated carbocycles. The Bertz CT molecular complexity index is 130. The Labute approximate surface area is 54.1 Å². The molecule has 0 bridgehead atoms. The largest absolute Gasteiger partial charge is 0.387 e. The molecule has 9 heavy (non-hydrogen) atoms. The van der Waals surface area contributed by atoms with Gasteiger partial charge in [-0.3, -0.25) is 10.2 Å². The van der Waals surface area contributed by atoms with Crippen molar-refractivity contribution in [1.82, 2.24) is 4.90 Å². The summed E-state index contributed by atoms with van der Waals surface area (Å²) < 4.78 is 0. The number of carbonyl (C=O) groups is 1. The lowest BCUT2D eigenvalue weighted by Crippen LogP contribution is -2.26. The second-order valence-corrected chi connectivity index (χ2v) is 1.99. The Hall–Kier alpha value is -1.06. The van der Waals surface area contributed by atoms with Crippen LogP contribution in [0.1, 0.15) is 6.42 Å². The first-order valence-electron chi connectivity index (χ1n) is 2.57. The molecule has 0 fully saturated rings. The molecule has 0 rings (SSSR count). The van der Waals surface area contributed by atoms with E-state index in [4.69, 9.17) is 11.1 Å². The number of rotatable bonds is 2. The van der Waals surface area contributed by atoms with Gasteiger partial charge in [-0.15, -0.1) is 0 Å². The van der Waals surface area contributed by atoms with Crippen LogP contribution in [0.15, 0.2) is 0 Å². The maximum atomic E-state index is 10.7. The average Bonchev–Trinajstić information content (AvgIpc) is 1.63. The van der Waals surface area contributed by atoms with Crippen LogP contribution in [0, 0.1) is 5.41 Å². The highest BCUT2D eigenvalue weighted by Gasteiger charge is 2.03. The quantitative estimate of drug-likeness (QED) is 0.386. The van der Waals surface area contributed by atoms with Crippen molar-refractivity contribution in [2.45, 2.75) is 6.42 Å². The molecular formula is C5H11N3O. The fourth-order valence-corrected chi connectivity index (χ4v) is 0.321. The molecule has 0 saturated heterocycles. The van der Waals surface area contributed by atoms with Gasteiger partial charge in [-0.1, -0.05) is 0 Å². The molecule has 0 aromatic heterocycles. The summed E-state index contributed by atoms with van der Waals surface area (Å²) in [6, 6.07) is 0. The first-order valence-corrected chi connectivity index (χ1v) is 2.57. The summed E-state index contributed by atoms with van der Waals surface area (Å²) in [5, 5.41) is 6.75. The molecule has 52 valence electrons. The fraction of sp³-hybridized carbons (Fsp3) is 0.600. The minimum atomic E-state index is -0.137. The third-order valence-electron chi connectivity index (χ3n) is 0.840. The van der Waals surface area contributed by atoms with Gasteiger partial charge < -0.3 is 10.6 Å². The fourth-order valence-electron chi connectivity index (χ4n) is 0.321. The zero-order valence-corrected chi connectivity index (χ0v) is 5.64. The van der Waals surface area contributed by atoms with Gasteiger partial charge in [-0.2, -0.15) is 0 Å². The van der Waals surface area contributed by atoms with Crippen molar-refractivity contribution < 1.29 is 4.79 Å². The maximum absolute atomic E-state index is 10.7. The second-order valence-electron chi connectivity index (χ2n) is 1.99. The standard InChI is InChI=1S/C5H11N3O/c1-8(2)5(9)3-4(6)7/h3H2,1-2H3,(H3,6,7). The molecule has 0 aliphatic heterocycles. The highest BCUT2D eigenvalue weighted by molar-refractivity contribution is 5.97. The number of amidine groups is 1. The number of hydrogen-bond donors (Lipinski definition) is 2. The summed E-state index contributed by atoms with van der Waals surface area (Å²) in [5.74, 6) is -0.226. The predicted octanol–water partition coefficient (Wildman–Crippen LogP) is -0.599. The lowest BCUT2D eigenvalue weighted by Gasteiger charge is -2.07. The van der Waals surface area contributed by atoms with Gasteiger partial charge in [-0.05, 0) is 0 Å². The van der Waals surface area contributed by atoms with Gasteiger partial charge in [0.25, 0.3) is 0 Å². The first-order chi connectivity index (χ1) is 4.04. The molecule has 0 heterocycles. The first kappa shape index (κ1) is 7.94. The summed E-state index contributed by atoms with van der Waals surface area (Å²) in [6.07, 6.45) is 0.0208. The van der Waals surface area contributed by atoms with Crippen LogP contribution in [-0.2, 0) is 4.79 Å². The molecule has 0 spiro atoms. The maximum Gasteiger partial charge on any atom is 0.229 e. The summed E-state index contributed by atoms with van der Waals surface area (Å²) >= 11 is 0. The van der Waals surface area contributed by atoms with E-state index in [-0.39, 0.29) is 18.2 Å². The molecule has 3 N–H and O–H groups in total. The average molecular weight is 129 g/mol. The van der Waals surface area contributed by atoms with Crippen LogP contribution in [0.3, 0.4) is 0 Å². The Morgan fingerprint density at radius 3 is 2.22 bits per heavy atom. The van der Waals surface area contributed by atoms with Crippen molar-refractivity contribution in [1.29, 1.82) is 5.41 Å². The lowest BCUT2D eigenvalue weighted by molar-refractivity contribution is -0.127. The van der Waals surface area contributed by atoms with Crippen molar-refractivity contribution in [2.75, 3.05) is 14.1 Å². The van der Waals surface area contributed by atoms with Crippen molar-refractivity contribution in [3.8, 4) is 0 Å². The Morgan fingerprint density at radius 2 is 2.11 bits per heavy atom. The molecule has 4 heteroatoms. The van der Waals surface area contributed by atoms with Crippen molar-refractivity contribution in [2.24, 2.45) is 5.73 Å². The van der Waals surface area contributed by atoms with E-state index in [2.05, 4.69) is 0 Å². The lowest BCUT2D eigenvalue weighted by atomic mass is 10.4. The molecule has 0 atom stereocenters. The molecule has 0 radical (unpaired) electrons. The van der Waals surface area contributed by atoms with E-state index in [1.54, 1.807) is 14.1 Å². The van der Waals surface area contributed by atoms with Crippen LogP contribution >= 0.6 is 0 Å². The summed E-state index contributed by atoms with van der Waals surface area (Å²) in [5.41, 5.74) is 4.97. The number of hydrogen-bond acceptors (Lipinski definition) is 2. The van der Waals surface area contributed by atoms with Gasteiger partial charge in [0.05, 0.1) is 12.3 Å². The zero-order chi connectivity index (χ0) is 7.44.